The van der Waals surface area contributed by atoms with Crippen molar-refractivity contribution >= 4 is 23.0 Å². The Labute approximate surface area is 141 Å². The van der Waals surface area contributed by atoms with Gasteiger partial charge in [0.15, 0.2) is 5.49 Å². The number of carbonyl (C=O) groups excluding carboxylic acids is 2. The molecule has 0 bridgehead atoms. The fourth-order valence-electron chi connectivity index (χ4n) is 2.21. The summed E-state index contributed by atoms with van der Waals surface area (Å²) in [5, 5.41) is 14.2. The van der Waals surface area contributed by atoms with Gasteiger partial charge in [0, 0.05) is 0 Å². The number of thiophene rings is 1. The van der Waals surface area contributed by atoms with Crippen LogP contribution in [0.2, 0.25) is 0 Å². The predicted octanol–water partition coefficient (Wildman–Crippen LogP) is 2.05. The lowest BCUT2D eigenvalue weighted by atomic mass is 10.1. The van der Waals surface area contributed by atoms with Crippen LogP contribution in [0.15, 0.2) is 47.8 Å². The molecule has 3 N–H and O–H groups in total. The minimum atomic E-state index is -0.775. The molecule has 2 heterocycles. The number of aromatic nitrogens is 2. The summed E-state index contributed by atoms with van der Waals surface area (Å²) in [5.41, 5.74) is 6.85. The normalized spacial score (nSPS) is 10.5. The van der Waals surface area contributed by atoms with Gasteiger partial charge in [0.05, 0.1) is 16.1 Å². The average molecular weight is 338 g/mol. The smallest absolute Gasteiger partial charge is 0.252 e. The van der Waals surface area contributed by atoms with E-state index in [1.807, 2.05) is 19.1 Å². The number of benzene rings is 1. The molecule has 7 heteroatoms. The van der Waals surface area contributed by atoms with Crippen LogP contribution in [0.1, 0.15) is 31.3 Å². The first kappa shape index (κ1) is 15.8. The van der Waals surface area contributed by atoms with Crippen molar-refractivity contribution in [3.63, 3.8) is 0 Å². The van der Waals surface area contributed by atoms with E-state index in [1.165, 1.54) is 22.1 Å². The SMILES string of the molecule is Cc1ccc(-n2nc(C(=O)c3cccs3)cc(C(N)=O)c2=N)cc1. The predicted molar refractivity (Wildman–Crippen MR) is 90.4 cm³/mol. The summed E-state index contributed by atoms with van der Waals surface area (Å²) in [4.78, 5) is 24.7. The highest BCUT2D eigenvalue weighted by molar-refractivity contribution is 7.12. The number of hydrogen-bond acceptors (Lipinski definition) is 5. The molecule has 0 unspecified atom stereocenters. The molecule has 0 aliphatic carbocycles. The van der Waals surface area contributed by atoms with Gasteiger partial charge >= 0.3 is 0 Å². The molecule has 0 radical (unpaired) electrons. The van der Waals surface area contributed by atoms with E-state index in [0.29, 0.717) is 10.6 Å². The van der Waals surface area contributed by atoms with Gasteiger partial charge in [-0.3, -0.25) is 15.0 Å². The van der Waals surface area contributed by atoms with Crippen LogP contribution in [0, 0.1) is 12.3 Å². The largest absolute Gasteiger partial charge is 0.365 e. The van der Waals surface area contributed by atoms with Crippen LogP contribution in [0.25, 0.3) is 5.69 Å². The molecular weight excluding hydrogens is 324 g/mol. The van der Waals surface area contributed by atoms with Crippen LogP contribution in [-0.4, -0.2) is 21.5 Å². The van der Waals surface area contributed by atoms with Gasteiger partial charge in [-0.05, 0) is 36.6 Å². The molecule has 0 atom stereocenters. The standard InChI is InChI=1S/C17H14N4O2S/c1-10-4-6-11(7-5-10)21-16(18)12(17(19)23)9-13(20-21)15(22)14-3-2-8-24-14/h2-9,18H,1H3,(H2,19,23). The molecule has 24 heavy (non-hydrogen) atoms. The number of nitrogens with one attached hydrogen (secondary N) is 1. The quantitative estimate of drug-likeness (QED) is 0.712. The van der Waals surface area contributed by atoms with Gasteiger partial charge in [-0.2, -0.15) is 5.10 Å². The van der Waals surface area contributed by atoms with Crippen molar-refractivity contribution in [2.45, 2.75) is 6.92 Å². The molecular formula is C17H14N4O2S. The topological polar surface area (TPSA) is 102 Å². The van der Waals surface area contributed by atoms with E-state index in [1.54, 1.807) is 29.6 Å². The second kappa shape index (κ2) is 6.21. The van der Waals surface area contributed by atoms with Crippen LogP contribution >= 0.6 is 11.3 Å². The monoisotopic (exact) mass is 338 g/mol. The third-order valence-corrected chi connectivity index (χ3v) is 4.35. The molecule has 1 aromatic carbocycles. The van der Waals surface area contributed by atoms with E-state index in [4.69, 9.17) is 11.1 Å². The summed E-state index contributed by atoms with van der Waals surface area (Å²) in [6.07, 6.45) is 0. The zero-order valence-corrected chi connectivity index (χ0v) is 13.6. The minimum Gasteiger partial charge on any atom is -0.365 e. The van der Waals surface area contributed by atoms with E-state index >= 15 is 0 Å². The fourth-order valence-corrected chi connectivity index (χ4v) is 2.88. The Morgan fingerprint density at radius 2 is 1.92 bits per heavy atom. The molecule has 0 fully saturated rings. The highest BCUT2D eigenvalue weighted by Crippen LogP contribution is 2.15. The van der Waals surface area contributed by atoms with Gasteiger partial charge in [-0.25, -0.2) is 4.68 Å². The first-order chi connectivity index (χ1) is 11.5. The lowest BCUT2D eigenvalue weighted by Gasteiger charge is -2.10. The lowest BCUT2D eigenvalue weighted by Crippen LogP contribution is -2.32. The van der Waals surface area contributed by atoms with Gasteiger partial charge in [0.2, 0.25) is 5.78 Å². The number of primary amides is 1. The van der Waals surface area contributed by atoms with Crippen molar-refractivity contribution in [1.29, 1.82) is 5.41 Å². The molecule has 0 aliphatic rings. The van der Waals surface area contributed by atoms with Gasteiger partial charge < -0.3 is 5.73 Å². The van der Waals surface area contributed by atoms with Gasteiger partial charge in [0.25, 0.3) is 5.91 Å². The first-order valence-corrected chi connectivity index (χ1v) is 7.99. The van der Waals surface area contributed by atoms with Crippen molar-refractivity contribution in [2.24, 2.45) is 5.73 Å². The van der Waals surface area contributed by atoms with Crippen molar-refractivity contribution < 1.29 is 9.59 Å². The third-order valence-electron chi connectivity index (χ3n) is 3.48. The van der Waals surface area contributed by atoms with E-state index in [0.717, 1.165) is 5.56 Å². The third kappa shape index (κ3) is 2.89. The van der Waals surface area contributed by atoms with Crippen LogP contribution in [0.4, 0.5) is 0 Å². The molecule has 0 saturated carbocycles. The molecule has 0 aliphatic heterocycles. The van der Waals surface area contributed by atoms with Gasteiger partial charge in [-0.15, -0.1) is 11.3 Å². The fraction of sp³-hybridized carbons (Fsp3) is 0.0588. The second-order valence-electron chi connectivity index (χ2n) is 5.21. The molecule has 3 aromatic rings. The van der Waals surface area contributed by atoms with Gasteiger partial charge in [0.1, 0.15) is 5.69 Å². The number of carbonyl (C=O) groups is 2. The zero-order chi connectivity index (χ0) is 17.3. The van der Waals surface area contributed by atoms with Crippen molar-refractivity contribution in [3.05, 3.63) is 75.0 Å². The Balaban J connectivity index is 2.21. The Morgan fingerprint density at radius 3 is 2.50 bits per heavy atom. The minimum absolute atomic E-state index is 0.0505. The Bertz CT molecular complexity index is 973. The summed E-state index contributed by atoms with van der Waals surface area (Å²) in [5.74, 6) is -1.09. The summed E-state index contributed by atoms with van der Waals surface area (Å²) in [6.45, 7) is 1.94. The number of nitrogens with two attached hydrogens (primary N) is 1. The van der Waals surface area contributed by atoms with Crippen molar-refractivity contribution in [1.82, 2.24) is 9.78 Å². The highest BCUT2D eigenvalue weighted by Gasteiger charge is 2.18. The number of aryl methyl sites for hydroxylation is 1. The Kier molecular flexibility index (Phi) is 4.09. The average Bonchev–Trinajstić information content (AvgIpc) is 3.09. The molecule has 0 saturated heterocycles. The summed E-state index contributed by atoms with van der Waals surface area (Å²) < 4.78 is 1.25. The molecule has 6 nitrogen and oxygen atoms in total. The molecule has 0 spiro atoms. The van der Waals surface area contributed by atoms with Gasteiger partial charge in [-0.1, -0.05) is 23.8 Å². The number of rotatable bonds is 4. The molecule has 120 valence electrons. The summed E-state index contributed by atoms with van der Waals surface area (Å²) in [6, 6.07) is 12.0. The Hall–Kier alpha value is -3.06. The molecule has 1 amide bonds. The maximum absolute atomic E-state index is 12.6. The number of hydrogen-bond donors (Lipinski definition) is 2. The molecule has 2 aromatic heterocycles. The van der Waals surface area contributed by atoms with E-state index in [2.05, 4.69) is 5.10 Å². The van der Waals surface area contributed by atoms with E-state index in [9.17, 15) is 9.59 Å². The van der Waals surface area contributed by atoms with E-state index in [-0.39, 0.29) is 22.5 Å². The first-order valence-electron chi connectivity index (χ1n) is 7.11. The zero-order valence-electron chi connectivity index (χ0n) is 12.8. The number of ketones is 1. The van der Waals surface area contributed by atoms with Crippen LogP contribution in [0.3, 0.4) is 0 Å². The van der Waals surface area contributed by atoms with Crippen molar-refractivity contribution in [3.8, 4) is 5.69 Å². The number of amides is 1. The van der Waals surface area contributed by atoms with Crippen molar-refractivity contribution in [2.75, 3.05) is 0 Å². The van der Waals surface area contributed by atoms with Crippen LogP contribution in [-0.2, 0) is 0 Å². The maximum atomic E-state index is 12.6. The number of nitrogens with zero attached hydrogens (tertiary/aromatic N) is 2. The summed E-state index contributed by atoms with van der Waals surface area (Å²) >= 11 is 1.29. The van der Waals surface area contributed by atoms with Crippen LogP contribution in [0.5, 0.6) is 0 Å². The highest BCUT2D eigenvalue weighted by atomic mass is 32.1. The molecule has 3 rings (SSSR count). The maximum Gasteiger partial charge on any atom is 0.252 e. The lowest BCUT2D eigenvalue weighted by molar-refractivity contribution is 0.0997. The Morgan fingerprint density at radius 1 is 1.21 bits per heavy atom. The van der Waals surface area contributed by atoms with Crippen LogP contribution < -0.4 is 11.2 Å². The summed E-state index contributed by atoms with van der Waals surface area (Å²) in [7, 11) is 0. The van der Waals surface area contributed by atoms with E-state index < -0.39 is 5.91 Å². The second-order valence-corrected chi connectivity index (χ2v) is 6.16.